The Morgan fingerprint density at radius 2 is 1.94 bits per heavy atom. The zero-order chi connectivity index (χ0) is 12.1. The predicted octanol–water partition coefficient (Wildman–Crippen LogP) is 1.32. The quantitative estimate of drug-likeness (QED) is 0.732. The normalized spacial score (nSPS) is 15.3. The summed E-state index contributed by atoms with van der Waals surface area (Å²) in [5.74, 6) is 0. The predicted molar refractivity (Wildman–Crippen MR) is 52.0 cm³/mol. The minimum atomic E-state index is -4.59. The van der Waals surface area contributed by atoms with Gasteiger partial charge in [0.15, 0.2) is 0 Å². The lowest BCUT2D eigenvalue weighted by Gasteiger charge is -2.15. The highest BCUT2D eigenvalue weighted by molar-refractivity contribution is 5.39. The number of hydrogen-bond acceptors (Lipinski definition) is 2. The summed E-state index contributed by atoms with van der Waals surface area (Å²) in [5, 5.41) is 2.95. The van der Waals surface area contributed by atoms with Crippen molar-refractivity contribution in [2.24, 2.45) is 7.05 Å². The van der Waals surface area contributed by atoms with E-state index in [0.29, 0.717) is 24.3 Å². The first kappa shape index (κ1) is 11.2. The van der Waals surface area contributed by atoms with Gasteiger partial charge in [-0.15, -0.1) is 0 Å². The number of fused-ring (bicyclic) bond motifs is 1. The van der Waals surface area contributed by atoms with E-state index in [1.165, 1.54) is 14.0 Å². The molecular formula is C10H11F3N2O. The van der Waals surface area contributed by atoms with Crippen molar-refractivity contribution < 1.29 is 13.2 Å². The number of halogens is 3. The van der Waals surface area contributed by atoms with E-state index in [2.05, 4.69) is 5.32 Å². The van der Waals surface area contributed by atoms with Crippen LogP contribution in [0.2, 0.25) is 0 Å². The topological polar surface area (TPSA) is 34.0 Å². The lowest BCUT2D eigenvalue weighted by molar-refractivity contribution is -0.139. The molecule has 1 aliphatic heterocycles. The van der Waals surface area contributed by atoms with E-state index in [4.69, 9.17) is 0 Å². The molecule has 0 saturated carbocycles. The Hall–Kier alpha value is -1.30. The first-order valence-corrected chi connectivity index (χ1v) is 4.83. The van der Waals surface area contributed by atoms with Crippen molar-refractivity contribution in [1.82, 2.24) is 9.88 Å². The summed E-state index contributed by atoms with van der Waals surface area (Å²) in [6.45, 7) is 2.19. The van der Waals surface area contributed by atoms with E-state index >= 15 is 0 Å². The van der Waals surface area contributed by atoms with Crippen LogP contribution in [-0.4, -0.2) is 4.57 Å². The van der Waals surface area contributed by atoms with Crippen LogP contribution < -0.4 is 10.9 Å². The Morgan fingerprint density at radius 1 is 1.31 bits per heavy atom. The zero-order valence-corrected chi connectivity index (χ0v) is 8.90. The van der Waals surface area contributed by atoms with Crippen LogP contribution in [-0.2, 0) is 26.3 Å². The van der Waals surface area contributed by atoms with Crippen LogP contribution in [0.15, 0.2) is 4.79 Å². The molecule has 1 aromatic heterocycles. The molecule has 1 N–H and O–H groups in total. The molecule has 1 aliphatic rings. The van der Waals surface area contributed by atoms with Gasteiger partial charge in [0.1, 0.15) is 5.56 Å². The number of alkyl halides is 3. The van der Waals surface area contributed by atoms with E-state index < -0.39 is 17.3 Å². The van der Waals surface area contributed by atoms with Crippen LogP contribution in [0.1, 0.15) is 22.4 Å². The van der Waals surface area contributed by atoms with Gasteiger partial charge in [-0.3, -0.25) is 4.79 Å². The highest BCUT2D eigenvalue weighted by atomic mass is 19.4. The number of rotatable bonds is 0. The lowest BCUT2D eigenvalue weighted by Crippen LogP contribution is -2.31. The molecule has 0 unspecified atom stereocenters. The fourth-order valence-corrected chi connectivity index (χ4v) is 2.12. The number of aromatic nitrogens is 1. The van der Waals surface area contributed by atoms with Crippen molar-refractivity contribution >= 4 is 0 Å². The van der Waals surface area contributed by atoms with Gasteiger partial charge < -0.3 is 9.88 Å². The van der Waals surface area contributed by atoms with Gasteiger partial charge >= 0.3 is 6.18 Å². The van der Waals surface area contributed by atoms with Gasteiger partial charge in [0.25, 0.3) is 5.56 Å². The van der Waals surface area contributed by atoms with Crippen LogP contribution in [0.25, 0.3) is 0 Å². The number of nitrogens with one attached hydrogen (secondary N) is 1. The van der Waals surface area contributed by atoms with Crippen LogP contribution in [0.4, 0.5) is 13.2 Å². The van der Waals surface area contributed by atoms with E-state index in [0.717, 1.165) is 4.57 Å². The third kappa shape index (κ3) is 1.44. The van der Waals surface area contributed by atoms with Crippen molar-refractivity contribution in [3.63, 3.8) is 0 Å². The second kappa shape index (κ2) is 3.35. The highest BCUT2D eigenvalue weighted by Gasteiger charge is 2.38. The Kier molecular flexibility index (Phi) is 2.34. The van der Waals surface area contributed by atoms with Crippen molar-refractivity contribution in [2.45, 2.75) is 26.2 Å². The molecule has 0 amide bonds. The molecule has 0 aromatic carbocycles. The minimum Gasteiger partial charge on any atom is -0.314 e. The van der Waals surface area contributed by atoms with Gasteiger partial charge in [0, 0.05) is 25.8 Å². The van der Waals surface area contributed by atoms with Crippen molar-refractivity contribution in [2.75, 3.05) is 0 Å². The number of pyridine rings is 1. The monoisotopic (exact) mass is 232 g/mol. The number of nitrogens with zero attached hydrogens (tertiary/aromatic N) is 1. The molecule has 0 saturated heterocycles. The molecule has 6 heteroatoms. The van der Waals surface area contributed by atoms with E-state index in [9.17, 15) is 18.0 Å². The third-order valence-electron chi connectivity index (χ3n) is 2.98. The maximum atomic E-state index is 12.7. The molecule has 16 heavy (non-hydrogen) atoms. The fraction of sp³-hybridized carbons (Fsp3) is 0.500. The Morgan fingerprint density at radius 3 is 2.50 bits per heavy atom. The molecule has 0 fully saturated rings. The van der Waals surface area contributed by atoms with Crippen molar-refractivity contribution in [1.29, 1.82) is 0 Å². The van der Waals surface area contributed by atoms with Gasteiger partial charge in [-0.2, -0.15) is 13.2 Å². The molecule has 0 radical (unpaired) electrons. The van der Waals surface area contributed by atoms with Crippen LogP contribution in [0, 0.1) is 6.92 Å². The van der Waals surface area contributed by atoms with Crippen molar-refractivity contribution in [3.05, 3.63) is 32.7 Å². The average Bonchev–Trinajstić information content (AvgIpc) is 2.61. The van der Waals surface area contributed by atoms with Gasteiger partial charge in [-0.05, 0) is 18.1 Å². The molecule has 2 rings (SSSR count). The smallest absolute Gasteiger partial charge is 0.314 e. The molecule has 0 spiro atoms. The number of hydrogen-bond donors (Lipinski definition) is 1. The van der Waals surface area contributed by atoms with Crippen molar-refractivity contribution in [3.8, 4) is 0 Å². The second-order valence-electron chi connectivity index (χ2n) is 3.89. The molecule has 2 heterocycles. The maximum absolute atomic E-state index is 12.7. The second-order valence-corrected chi connectivity index (χ2v) is 3.89. The maximum Gasteiger partial charge on any atom is 0.421 e. The molecule has 0 aliphatic carbocycles. The van der Waals surface area contributed by atoms with E-state index in [1.807, 2.05) is 0 Å². The highest BCUT2D eigenvalue weighted by Crippen LogP contribution is 2.32. The first-order chi connectivity index (χ1) is 7.34. The summed E-state index contributed by atoms with van der Waals surface area (Å²) in [6.07, 6.45) is -4.59. The summed E-state index contributed by atoms with van der Waals surface area (Å²) < 4.78 is 39.3. The van der Waals surface area contributed by atoms with Gasteiger partial charge in [0.2, 0.25) is 0 Å². The van der Waals surface area contributed by atoms with E-state index in [1.54, 1.807) is 0 Å². The fourth-order valence-electron chi connectivity index (χ4n) is 2.12. The molecule has 1 aromatic rings. The molecule has 3 nitrogen and oxygen atoms in total. The van der Waals surface area contributed by atoms with Crippen LogP contribution in [0.3, 0.4) is 0 Å². The average molecular weight is 232 g/mol. The molecule has 88 valence electrons. The largest absolute Gasteiger partial charge is 0.421 e. The third-order valence-corrected chi connectivity index (χ3v) is 2.98. The Labute approximate surface area is 89.9 Å². The first-order valence-electron chi connectivity index (χ1n) is 4.83. The molecule has 0 bridgehead atoms. The standard InChI is InChI=1S/C10H11F3N2O/c1-5-6-3-14-4-7(6)15(2)9(16)8(5)10(11,12)13/h14H,3-4H2,1-2H3. The lowest BCUT2D eigenvalue weighted by atomic mass is 10.0. The van der Waals surface area contributed by atoms with Gasteiger partial charge in [0.05, 0.1) is 0 Å². The summed E-state index contributed by atoms with van der Waals surface area (Å²) in [7, 11) is 1.38. The van der Waals surface area contributed by atoms with Gasteiger partial charge in [-0.1, -0.05) is 0 Å². The summed E-state index contributed by atoms with van der Waals surface area (Å²) >= 11 is 0. The zero-order valence-electron chi connectivity index (χ0n) is 8.90. The van der Waals surface area contributed by atoms with E-state index in [-0.39, 0.29) is 5.56 Å². The van der Waals surface area contributed by atoms with Crippen LogP contribution in [0.5, 0.6) is 0 Å². The Balaban J connectivity index is 2.83. The van der Waals surface area contributed by atoms with Crippen LogP contribution >= 0.6 is 0 Å². The summed E-state index contributed by atoms with van der Waals surface area (Å²) in [4.78, 5) is 11.6. The molecular weight excluding hydrogens is 221 g/mol. The Bertz CT molecular complexity index is 502. The van der Waals surface area contributed by atoms with Gasteiger partial charge in [-0.25, -0.2) is 0 Å². The summed E-state index contributed by atoms with van der Waals surface area (Å²) in [5.41, 5.74) is -0.717. The molecule has 0 atom stereocenters. The minimum absolute atomic E-state index is 0.0515. The SMILES string of the molecule is Cc1c2c(n(C)c(=O)c1C(F)(F)F)CNC2. The summed E-state index contributed by atoms with van der Waals surface area (Å²) in [6, 6.07) is 0.